The molecule has 0 unspecified atom stereocenters. The van der Waals surface area contributed by atoms with Crippen molar-refractivity contribution in [2.75, 3.05) is 0 Å². The van der Waals surface area contributed by atoms with E-state index in [0.29, 0.717) is 12.2 Å². The molecule has 0 aliphatic heterocycles. The van der Waals surface area contributed by atoms with Crippen molar-refractivity contribution in [1.82, 2.24) is 0 Å². The topological polar surface area (TPSA) is 26.3 Å². The number of carbonyl (C=O) groups is 1. The van der Waals surface area contributed by atoms with Crippen molar-refractivity contribution >= 4 is 5.97 Å². The monoisotopic (exact) mass is 186 g/mol. The lowest BCUT2D eigenvalue weighted by Gasteiger charge is -2.04. The van der Waals surface area contributed by atoms with E-state index in [4.69, 9.17) is 4.74 Å². The summed E-state index contributed by atoms with van der Waals surface area (Å²) in [5.41, 5.74) is 0. The van der Waals surface area contributed by atoms with Crippen LogP contribution < -0.4 is 0 Å². The third-order valence-corrected chi connectivity index (χ3v) is 1.36. The number of hydrogen-bond donors (Lipinski definition) is 0. The fourth-order valence-corrected chi connectivity index (χ4v) is 0.658. The van der Waals surface area contributed by atoms with Gasteiger partial charge < -0.3 is 4.74 Å². The number of esters is 1. The van der Waals surface area contributed by atoms with Crippen molar-refractivity contribution in [3.05, 3.63) is 12.3 Å². The lowest BCUT2D eigenvalue weighted by atomic mass is 10.2. The maximum absolute atomic E-state index is 10.7. The van der Waals surface area contributed by atoms with Gasteiger partial charge in [-0.05, 0) is 6.42 Å². The molecule has 0 heterocycles. The summed E-state index contributed by atoms with van der Waals surface area (Å²) in [5, 5.41) is 0. The molecule has 2 heteroatoms. The first-order valence-electron chi connectivity index (χ1n) is 5.09. The van der Waals surface area contributed by atoms with Crippen molar-refractivity contribution in [3.8, 4) is 0 Å². The van der Waals surface area contributed by atoms with Gasteiger partial charge in [-0.2, -0.15) is 0 Å². The van der Waals surface area contributed by atoms with E-state index in [1.807, 2.05) is 13.8 Å². The summed E-state index contributed by atoms with van der Waals surface area (Å²) in [5.74, 6) is 0.407. The van der Waals surface area contributed by atoms with Crippen molar-refractivity contribution in [2.24, 2.45) is 0 Å². The van der Waals surface area contributed by atoms with Gasteiger partial charge in [0.1, 0.15) is 5.76 Å². The van der Waals surface area contributed by atoms with Crippen LogP contribution in [0.15, 0.2) is 12.3 Å². The van der Waals surface area contributed by atoms with Crippen LogP contribution in [0.2, 0.25) is 0 Å². The molecule has 0 aromatic carbocycles. The molecule has 0 N–H and O–H groups in total. The van der Waals surface area contributed by atoms with Crippen LogP contribution in [0.4, 0.5) is 0 Å². The highest BCUT2D eigenvalue weighted by atomic mass is 16.5. The molecule has 0 radical (unpaired) electrons. The standard InChI is InChI=1S/C9H16O2.C2H6/c1-4-6-7-8(3)11-9(10)5-2;1-2/h3-7H2,1-2H3;1-2H3. The average molecular weight is 186 g/mol. The van der Waals surface area contributed by atoms with E-state index in [0.717, 1.165) is 19.3 Å². The summed E-state index contributed by atoms with van der Waals surface area (Å²) in [7, 11) is 0. The molecule has 0 fully saturated rings. The second-order valence-electron chi connectivity index (χ2n) is 2.47. The van der Waals surface area contributed by atoms with Gasteiger partial charge in [0, 0.05) is 12.8 Å². The second kappa shape index (κ2) is 11.2. The van der Waals surface area contributed by atoms with Crippen molar-refractivity contribution in [1.29, 1.82) is 0 Å². The van der Waals surface area contributed by atoms with Crippen LogP contribution in [0.3, 0.4) is 0 Å². The summed E-state index contributed by atoms with van der Waals surface area (Å²) < 4.78 is 4.87. The molecular weight excluding hydrogens is 164 g/mol. The summed E-state index contributed by atoms with van der Waals surface area (Å²) in [6, 6.07) is 0. The molecule has 0 aromatic rings. The molecule has 0 aromatic heterocycles. The first-order chi connectivity index (χ1) is 6.20. The molecule has 2 nitrogen and oxygen atoms in total. The van der Waals surface area contributed by atoms with Gasteiger partial charge in [0.15, 0.2) is 0 Å². The predicted molar refractivity (Wildman–Crippen MR) is 56.4 cm³/mol. The van der Waals surface area contributed by atoms with Gasteiger partial charge in [0.25, 0.3) is 0 Å². The Bertz CT molecular complexity index is 139. The fourth-order valence-electron chi connectivity index (χ4n) is 0.658. The SMILES string of the molecule is C=C(CCCC)OC(=O)CC.CC. The maximum atomic E-state index is 10.7. The molecule has 0 saturated heterocycles. The predicted octanol–water partition coefficient (Wildman–Crippen LogP) is 3.67. The quantitative estimate of drug-likeness (QED) is 0.483. The van der Waals surface area contributed by atoms with Crippen LogP contribution in [0.1, 0.15) is 53.4 Å². The largest absolute Gasteiger partial charge is 0.432 e. The highest BCUT2D eigenvalue weighted by Crippen LogP contribution is 2.06. The van der Waals surface area contributed by atoms with Crippen LogP contribution in [0.25, 0.3) is 0 Å². The summed E-state index contributed by atoms with van der Waals surface area (Å²) >= 11 is 0. The van der Waals surface area contributed by atoms with E-state index in [1.54, 1.807) is 6.92 Å². The average Bonchev–Trinajstić information content (AvgIpc) is 2.17. The van der Waals surface area contributed by atoms with Crippen LogP contribution in [0.5, 0.6) is 0 Å². The number of rotatable bonds is 5. The zero-order valence-electron chi connectivity index (χ0n) is 9.35. The number of hydrogen-bond acceptors (Lipinski definition) is 2. The minimum absolute atomic E-state index is 0.189. The van der Waals surface area contributed by atoms with Crippen molar-refractivity contribution in [2.45, 2.75) is 53.4 Å². The Hall–Kier alpha value is -0.790. The van der Waals surface area contributed by atoms with E-state index in [-0.39, 0.29) is 5.97 Å². The Balaban J connectivity index is 0. The Morgan fingerprint density at radius 2 is 1.85 bits per heavy atom. The minimum Gasteiger partial charge on any atom is -0.432 e. The molecule has 0 rings (SSSR count). The first kappa shape index (κ1) is 14.7. The summed E-state index contributed by atoms with van der Waals surface area (Å²) in [6.45, 7) is 11.5. The Morgan fingerprint density at radius 1 is 1.31 bits per heavy atom. The minimum atomic E-state index is -0.189. The Labute approximate surface area is 82.0 Å². The van der Waals surface area contributed by atoms with Gasteiger partial charge in [-0.1, -0.05) is 40.7 Å². The molecule has 78 valence electrons. The third-order valence-electron chi connectivity index (χ3n) is 1.36. The molecule has 0 bridgehead atoms. The summed E-state index contributed by atoms with van der Waals surface area (Å²) in [6.07, 6.45) is 3.35. The van der Waals surface area contributed by atoms with Crippen LogP contribution >= 0.6 is 0 Å². The smallest absolute Gasteiger partial charge is 0.310 e. The number of carbonyl (C=O) groups excluding carboxylic acids is 1. The zero-order chi connectivity index (χ0) is 10.7. The van der Waals surface area contributed by atoms with Crippen LogP contribution in [-0.2, 0) is 9.53 Å². The molecular formula is C11H22O2. The molecule has 0 aliphatic rings. The molecule has 0 atom stereocenters. The van der Waals surface area contributed by atoms with Gasteiger partial charge in [-0.3, -0.25) is 4.79 Å². The zero-order valence-corrected chi connectivity index (χ0v) is 9.35. The molecule has 0 saturated carbocycles. The van der Waals surface area contributed by atoms with Crippen molar-refractivity contribution in [3.63, 3.8) is 0 Å². The van der Waals surface area contributed by atoms with E-state index in [2.05, 4.69) is 13.5 Å². The number of unbranched alkanes of at least 4 members (excludes halogenated alkanes) is 1. The lowest BCUT2D eigenvalue weighted by Crippen LogP contribution is -2.01. The molecule has 13 heavy (non-hydrogen) atoms. The van der Waals surface area contributed by atoms with Gasteiger partial charge in [0.05, 0.1) is 0 Å². The van der Waals surface area contributed by atoms with Crippen molar-refractivity contribution < 1.29 is 9.53 Å². The number of ether oxygens (including phenoxy) is 1. The third kappa shape index (κ3) is 11.2. The van der Waals surface area contributed by atoms with Gasteiger partial charge in [-0.15, -0.1) is 0 Å². The first-order valence-corrected chi connectivity index (χ1v) is 5.09. The van der Waals surface area contributed by atoms with Crippen LogP contribution in [-0.4, -0.2) is 5.97 Å². The Morgan fingerprint density at radius 3 is 2.23 bits per heavy atom. The van der Waals surface area contributed by atoms with Gasteiger partial charge in [-0.25, -0.2) is 0 Å². The molecule has 0 amide bonds. The van der Waals surface area contributed by atoms with Gasteiger partial charge >= 0.3 is 5.97 Å². The molecule has 0 spiro atoms. The summed E-state index contributed by atoms with van der Waals surface area (Å²) in [4.78, 5) is 10.7. The highest BCUT2D eigenvalue weighted by molar-refractivity contribution is 5.69. The highest BCUT2D eigenvalue weighted by Gasteiger charge is 2.00. The van der Waals surface area contributed by atoms with E-state index in [9.17, 15) is 4.79 Å². The maximum Gasteiger partial charge on any atom is 0.310 e. The molecule has 0 aliphatic carbocycles. The van der Waals surface area contributed by atoms with E-state index >= 15 is 0 Å². The van der Waals surface area contributed by atoms with Crippen LogP contribution in [0, 0.1) is 0 Å². The number of allylic oxidation sites excluding steroid dienone is 1. The second-order valence-corrected chi connectivity index (χ2v) is 2.47. The van der Waals surface area contributed by atoms with E-state index < -0.39 is 0 Å². The Kier molecular flexibility index (Phi) is 12.7. The van der Waals surface area contributed by atoms with Gasteiger partial charge in [0.2, 0.25) is 0 Å². The van der Waals surface area contributed by atoms with E-state index in [1.165, 1.54) is 0 Å². The lowest BCUT2D eigenvalue weighted by molar-refractivity contribution is -0.139. The fraction of sp³-hybridized carbons (Fsp3) is 0.727. The normalized spacial score (nSPS) is 8.31.